The van der Waals surface area contributed by atoms with Crippen molar-refractivity contribution < 1.29 is 14.6 Å². The maximum Gasteiger partial charge on any atom is 0.344 e. The van der Waals surface area contributed by atoms with Crippen molar-refractivity contribution in [2.24, 2.45) is 10.4 Å². The monoisotopic (exact) mass is 609 g/mol. The third kappa shape index (κ3) is 12.4. The van der Waals surface area contributed by atoms with Crippen LogP contribution < -0.4 is 26.8 Å². The number of piperidine rings is 2. The van der Waals surface area contributed by atoms with Gasteiger partial charge in [0.2, 0.25) is 5.96 Å². The van der Waals surface area contributed by atoms with Crippen LogP contribution in [0.5, 0.6) is 0 Å². The number of rotatable bonds is 10. The highest BCUT2D eigenvalue weighted by Crippen LogP contribution is 2.31. The molecule has 0 aromatic heterocycles. The van der Waals surface area contributed by atoms with Gasteiger partial charge in [-0.1, -0.05) is 20.8 Å². The Labute approximate surface area is 261 Å². The van der Waals surface area contributed by atoms with E-state index in [-0.39, 0.29) is 40.0 Å². The molecule has 0 spiro atoms. The lowest BCUT2D eigenvalue weighted by Gasteiger charge is -2.50. The first-order chi connectivity index (χ1) is 19.4. The molecule has 11 nitrogen and oxygen atoms in total. The van der Waals surface area contributed by atoms with E-state index in [9.17, 15) is 4.79 Å². The Hall–Kier alpha value is -1.50. The van der Waals surface area contributed by atoms with E-state index in [1.165, 1.54) is 0 Å². The lowest BCUT2D eigenvalue weighted by atomic mass is 9.80. The van der Waals surface area contributed by atoms with Gasteiger partial charge >= 0.3 is 5.97 Å². The maximum atomic E-state index is 12.5. The van der Waals surface area contributed by atoms with Gasteiger partial charge in [-0.05, 0) is 107 Å². The van der Waals surface area contributed by atoms with Gasteiger partial charge in [-0.25, -0.2) is 25.6 Å². The molecule has 3 rings (SSSR count). The minimum absolute atomic E-state index is 0.00859. The van der Waals surface area contributed by atoms with Gasteiger partial charge in [0, 0.05) is 40.8 Å². The minimum atomic E-state index is -0.554. The van der Waals surface area contributed by atoms with Crippen molar-refractivity contribution in [3.05, 3.63) is 0 Å². The molecule has 0 aromatic rings. The van der Waals surface area contributed by atoms with E-state index in [0.717, 1.165) is 38.1 Å². The standard InChI is InChI=1S/C32H64N8O3/c1-27(2,3)20-32(12,13)43-42-25(41)14-15-33-26-34-21-39(35-23-16-28(4,5)37-29(6,7)17-23)22-40(26)36-24-18-30(8,9)38-31(10,11)19-24/h23-24,35-38H,14-22H2,1-13H3,(H,33,34). The average molecular weight is 609 g/mol. The van der Waals surface area contributed by atoms with Crippen LogP contribution in [0.25, 0.3) is 0 Å². The van der Waals surface area contributed by atoms with Gasteiger partial charge in [0.1, 0.15) is 18.9 Å². The number of hydrogen-bond donors (Lipinski definition) is 5. The van der Waals surface area contributed by atoms with Crippen LogP contribution in [0.3, 0.4) is 0 Å². The highest BCUT2D eigenvalue weighted by atomic mass is 17.2. The molecule has 43 heavy (non-hydrogen) atoms. The SMILES string of the molecule is CC(C)(C)CC(C)(C)OOC(=O)CCNC1=NCN(NC2CC(C)(C)NC(C)(C)C2)CN1NC1CC(C)(C)NC(C)(C)C1. The number of hydrogen-bond acceptors (Lipinski definition) is 11. The van der Waals surface area contributed by atoms with Crippen LogP contribution in [-0.2, 0) is 14.6 Å². The second kappa shape index (κ2) is 13.1. The fourth-order valence-corrected chi connectivity index (χ4v) is 7.94. The van der Waals surface area contributed by atoms with Gasteiger partial charge in [0.15, 0.2) is 0 Å². The number of hydrazine groups is 2. The number of carbonyl (C=O) groups is 1. The molecule has 0 bridgehead atoms. The summed E-state index contributed by atoms with van der Waals surface area (Å²) in [6, 6.07) is 0.602. The molecular weight excluding hydrogens is 544 g/mol. The second-order valence-electron chi connectivity index (χ2n) is 17.7. The molecule has 11 heteroatoms. The van der Waals surface area contributed by atoms with E-state index in [2.05, 4.69) is 113 Å². The Kier molecular flexibility index (Phi) is 10.9. The van der Waals surface area contributed by atoms with Crippen molar-refractivity contribution >= 4 is 11.9 Å². The van der Waals surface area contributed by atoms with Crippen molar-refractivity contribution in [3.63, 3.8) is 0 Å². The van der Waals surface area contributed by atoms with E-state index < -0.39 is 11.6 Å². The molecule has 0 unspecified atom stereocenters. The average Bonchev–Trinajstić information content (AvgIpc) is 2.73. The Morgan fingerprint density at radius 1 is 0.860 bits per heavy atom. The predicted molar refractivity (Wildman–Crippen MR) is 174 cm³/mol. The second-order valence-corrected chi connectivity index (χ2v) is 17.7. The highest BCUT2D eigenvalue weighted by Gasteiger charge is 2.41. The number of nitrogens with zero attached hydrogens (tertiary/aromatic N) is 3. The van der Waals surface area contributed by atoms with E-state index in [4.69, 9.17) is 14.8 Å². The molecule has 5 N–H and O–H groups in total. The Bertz CT molecular complexity index is 954. The minimum Gasteiger partial charge on any atom is -0.354 e. The van der Waals surface area contributed by atoms with Crippen molar-refractivity contribution in [2.75, 3.05) is 19.9 Å². The summed E-state index contributed by atoms with van der Waals surface area (Å²) >= 11 is 0. The molecule has 2 fully saturated rings. The van der Waals surface area contributed by atoms with E-state index in [0.29, 0.717) is 25.9 Å². The molecule has 0 radical (unpaired) electrons. The zero-order valence-electron chi connectivity index (χ0n) is 29.6. The summed E-state index contributed by atoms with van der Waals surface area (Å²) < 4.78 is 0. The third-order valence-electron chi connectivity index (χ3n) is 7.97. The zero-order chi connectivity index (χ0) is 32.5. The van der Waals surface area contributed by atoms with Crippen LogP contribution in [0.15, 0.2) is 4.99 Å². The molecule has 250 valence electrons. The lowest BCUT2D eigenvalue weighted by Crippen LogP contribution is -2.68. The maximum absolute atomic E-state index is 12.5. The first-order valence-corrected chi connectivity index (χ1v) is 16.2. The van der Waals surface area contributed by atoms with Crippen molar-refractivity contribution in [3.8, 4) is 0 Å². The molecular formula is C32H64N8O3. The number of guanidine groups is 1. The summed E-state index contributed by atoms with van der Waals surface area (Å²) in [4.78, 5) is 28.2. The van der Waals surface area contributed by atoms with E-state index >= 15 is 0 Å². The summed E-state index contributed by atoms with van der Waals surface area (Å²) in [6.07, 6.45) is 4.97. The van der Waals surface area contributed by atoms with Crippen molar-refractivity contribution in [2.45, 2.75) is 168 Å². The van der Waals surface area contributed by atoms with Gasteiger partial charge in [0.25, 0.3) is 0 Å². The third-order valence-corrected chi connectivity index (χ3v) is 7.97. The number of carbonyl (C=O) groups excluding carboxylic acids is 1. The fourth-order valence-electron chi connectivity index (χ4n) is 7.94. The van der Waals surface area contributed by atoms with Crippen LogP contribution in [0.1, 0.15) is 129 Å². The van der Waals surface area contributed by atoms with Crippen molar-refractivity contribution in [1.82, 2.24) is 36.8 Å². The first kappa shape index (κ1) is 36.0. The highest BCUT2D eigenvalue weighted by molar-refractivity contribution is 5.80. The van der Waals surface area contributed by atoms with Crippen LogP contribution in [0.4, 0.5) is 0 Å². The van der Waals surface area contributed by atoms with Gasteiger partial charge in [-0.3, -0.25) is 9.90 Å². The summed E-state index contributed by atoms with van der Waals surface area (Å²) in [5.41, 5.74) is 7.20. The van der Waals surface area contributed by atoms with Gasteiger partial charge in [-0.15, -0.1) is 0 Å². The zero-order valence-corrected chi connectivity index (χ0v) is 29.6. The molecule has 3 aliphatic heterocycles. The molecule has 0 atom stereocenters. The first-order valence-electron chi connectivity index (χ1n) is 16.2. The smallest absolute Gasteiger partial charge is 0.344 e. The van der Waals surface area contributed by atoms with Crippen LogP contribution >= 0.6 is 0 Å². The largest absolute Gasteiger partial charge is 0.354 e. The fraction of sp³-hybridized carbons (Fsp3) is 0.938. The molecule has 0 aliphatic carbocycles. The Balaban J connectivity index is 1.63. The quantitative estimate of drug-likeness (QED) is 0.183. The molecule has 0 saturated carbocycles. The molecule has 3 aliphatic rings. The Morgan fingerprint density at radius 3 is 1.84 bits per heavy atom. The summed E-state index contributed by atoms with van der Waals surface area (Å²) in [7, 11) is 0. The normalized spacial score (nSPS) is 24.9. The molecule has 0 amide bonds. The molecule has 3 heterocycles. The summed E-state index contributed by atoms with van der Waals surface area (Å²) in [6.45, 7) is 30.0. The lowest BCUT2D eigenvalue weighted by molar-refractivity contribution is -0.329. The van der Waals surface area contributed by atoms with Gasteiger partial charge in [0.05, 0.1) is 6.42 Å². The van der Waals surface area contributed by atoms with Crippen LogP contribution in [0, 0.1) is 5.41 Å². The summed E-state index contributed by atoms with van der Waals surface area (Å²) in [5.74, 6) is 0.339. The predicted octanol–water partition coefficient (Wildman–Crippen LogP) is 4.17. The van der Waals surface area contributed by atoms with Crippen LogP contribution in [-0.4, -0.2) is 81.7 Å². The van der Waals surface area contributed by atoms with Gasteiger partial charge < -0.3 is 16.0 Å². The summed E-state index contributed by atoms with van der Waals surface area (Å²) in [5, 5.41) is 15.2. The Morgan fingerprint density at radius 2 is 1.35 bits per heavy atom. The van der Waals surface area contributed by atoms with Crippen molar-refractivity contribution in [1.29, 1.82) is 0 Å². The van der Waals surface area contributed by atoms with E-state index in [1.54, 1.807) is 0 Å². The van der Waals surface area contributed by atoms with E-state index in [1.807, 2.05) is 13.8 Å². The van der Waals surface area contributed by atoms with Crippen LogP contribution in [0.2, 0.25) is 0 Å². The number of aliphatic imine (C=N–C) groups is 1. The molecule has 2 saturated heterocycles. The topological polar surface area (TPSA) is 115 Å². The molecule has 0 aromatic carbocycles. The van der Waals surface area contributed by atoms with Gasteiger partial charge in [-0.2, -0.15) is 4.89 Å². The number of nitrogens with one attached hydrogen (secondary N) is 5.